The van der Waals surface area contributed by atoms with E-state index < -0.39 is 48.1 Å². The molecule has 1 saturated heterocycles. The molecule has 2 aromatic carbocycles. The Morgan fingerprint density at radius 2 is 1.50 bits per heavy atom. The van der Waals surface area contributed by atoms with Gasteiger partial charge in [0.1, 0.15) is 12.4 Å². The fourth-order valence-corrected chi connectivity index (χ4v) is 4.98. The number of carboxylic acids is 2. The molecule has 20 heteroatoms. The Balaban J connectivity index is 0.000000476. The van der Waals surface area contributed by atoms with Crippen molar-refractivity contribution < 1.29 is 70.5 Å². The highest BCUT2D eigenvalue weighted by Gasteiger charge is 2.39. The van der Waals surface area contributed by atoms with Gasteiger partial charge in [0.2, 0.25) is 5.91 Å². The summed E-state index contributed by atoms with van der Waals surface area (Å²) in [6.07, 6.45) is -6.83. The van der Waals surface area contributed by atoms with Crippen LogP contribution < -0.4 is 15.5 Å². The smallest absolute Gasteiger partial charge is 0.489 e. The standard InChI is InChI=1S/C30H29N5O5.2C2HF3O2/c1-19-15-22(24-6-2-3-7-26(24)32-19)18-40-23-10-8-20(9-11-23)28(36)33-27-17-35(14-12-25(27)29(37)34-39)30(38)21-5-4-13-31-16-21;2*3-2(4,5)1(6)7/h2-11,13,15-16,25,27,39H,12,14,17-18H2,1H3,(H,33,36)(H,34,37);2*(H,6,7)/t25-,27+;;/m0../s1. The quantitative estimate of drug-likeness (QED) is 0.100. The highest BCUT2D eigenvalue weighted by atomic mass is 19.4. The second-order valence-corrected chi connectivity index (χ2v) is 11.3. The maximum Gasteiger partial charge on any atom is 0.490 e. The van der Waals surface area contributed by atoms with Crippen molar-refractivity contribution in [1.29, 1.82) is 0 Å². The SMILES string of the molecule is Cc1cc(COc2ccc(C(=O)N[C@@H]3CN(C(=O)c4cccnc4)CC[C@@H]3C(=O)NO)cc2)c2ccccc2n1.O=C(O)C(F)(F)F.O=C(O)C(F)(F)F. The molecular formula is C34H31F6N5O9. The lowest BCUT2D eigenvalue weighted by Gasteiger charge is -2.37. The van der Waals surface area contributed by atoms with Crippen LogP contribution in [0.3, 0.4) is 0 Å². The summed E-state index contributed by atoms with van der Waals surface area (Å²) in [7, 11) is 0. The number of nitrogens with one attached hydrogen (secondary N) is 2. The first kappa shape index (κ1) is 42.1. The van der Waals surface area contributed by atoms with Gasteiger partial charge >= 0.3 is 24.3 Å². The number of rotatable bonds is 7. The summed E-state index contributed by atoms with van der Waals surface area (Å²) < 4.78 is 69.5. The van der Waals surface area contributed by atoms with Crippen molar-refractivity contribution in [3.63, 3.8) is 0 Å². The number of hydrogen-bond acceptors (Lipinski definition) is 9. The van der Waals surface area contributed by atoms with Gasteiger partial charge in [-0.15, -0.1) is 0 Å². The number of aryl methyl sites for hydroxylation is 1. The minimum Gasteiger partial charge on any atom is -0.489 e. The van der Waals surface area contributed by atoms with Gasteiger partial charge in [0.25, 0.3) is 11.8 Å². The van der Waals surface area contributed by atoms with Gasteiger partial charge in [0.05, 0.1) is 23.0 Å². The van der Waals surface area contributed by atoms with Crippen LogP contribution in [0.4, 0.5) is 26.3 Å². The fourth-order valence-electron chi connectivity index (χ4n) is 4.98. The molecule has 0 spiro atoms. The predicted octanol–water partition coefficient (Wildman–Crippen LogP) is 4.55. The Morgan fingerprint density at radius 3 is 2.06 bits per heavy atom. The second kappa shape index (κ2) is 18.4. The summed E-state index contributed by atoms with van der Waals surface area (Å²) in [5.74, 6) is -6.87. The summed E-state index contributed by atoms with van der Waals surface area (Å²) >= 11 is 0. The molecule has 5 rings (SSSR count). The van der Waals surface area contributed by atoms with Crippen molar-refractivity contribution in [3.05, 3.63) is 102 Å². The number of piperidine rings is 1. The van der Waals surface area contributed by atoms with Crippen LogP contribution in [0.1, 0.15) is 38.4 Å². The first-order valence-electron chi connectivity index (χ1n) is 15.4. The van der Waals surface area contributed by atoms with E-state index in [0.29, 0.717) is 30.0 Å². The van der Waals surface area contributed by atoms with Crippen LogP contribution in [-0.2, 0) is 21.0 Å². The van der Waals surface area contributed by atoms with Gasteiger partial charge in [0.15, 0.2) is 0 Å². The Hall–Kier alpha value is -6.31. The number of pyridine rings is 2. The third-order valence-electron chi connectivity index (χ3n) is 7.50. The molecule has 2 atom stereocenters. The van der Waals surface area contributed by atoms with E-state index in [-0.39, 0.29) is 18.9 Å². The molecule has 4 aromatic rings. The van der Waals surface area contributed by atoms with Gasteiger partial charge in [-0.1, -0.05) is 18.2 Å². The van der Waals surface area contributed by atoms with Crippen molar-refractivity contribution in [2.24, 2.45) is 5.92 Å². The number of aromatic nitrogens is 2. The first-order chi connectivity index (χ1) is 25.3. The number of benzene rings is 2. The average Bonchev–Trinajstić information content (AvgIpc) is 3.13. The number of carboxylic acid groups (broad SMARTS) is 2. The lowest BCUT2D eigenvalue weighted by Crippen LogP contribution is -2.57. The number of carbonyl (C=O) groups excluding carboxylic acids is 3. The van der Waals surface area contributed by atoms with E-state index in [0.717, 1.165) is 22.2 Å². The first-order valence-corrected chi connectivity index (χ1v) is 15.4. The molecule has 0 saturated carbocycles. The number of para-hydroxylation sites is 1. The van der Waals surface area contributed by atoms with Gasteiger partial charge in [-0.25, -0.2) is 15.1 Å². The van der Waals surface area contributed by atoms with Crippen LogP contribution in [0.5, 0.6) is 5.75 Å². The number of nitrogens with zero attached hydrogens (tertiary/aromatic N) is 3. The molecule has 54 heavy (non-hydrogen) atoms. The average molecular weight is 768 g/mol. The van der Waals surface area contributed by atoms with Crippen molar-refractivity contribution in [2.45, 2.75) is 38.3 Å². The maximum atomic E-state index is 13.1. The molecule has 0 aliphatic carbocycles. The van der Waals surface area contributed by atoms with Crippen molar-refractivity contribution in [1.82, 2.24) is 25.7 Å². The number of fused-ring (bicyclic) bond motifs is 1. The lowest BCUT2D eigenvalue weighted by atomic mass is 9.90. The zero-order valence-corrected chi connectivity index (χ0v) is 27.9. The van der Waals surface area contributed by atoms with Gasteiger partial charge in [-0.3, -0.25) is 29.6 Å². The predicted molar refractivity (Wildman–Crippen MR) is 174 cm³/mol. The molecule has 3 amide bonds. The summed E-state index contributed by atoms with van der Waals surface area (Å²) in [6.45, 7) is 2.70. The van der Waals surface area contributed by atoms with Gasteiger partial charge in [-0.2, -0.15) is 26.3 Å². The van der Waals surface area contributed by atoms with E-state index in [9.17, 15) is 45.9 Å². The molecule has 1 fully saturated rings. The zero-order valence-electron chi connectivity index (χ0n) is 27.9. The summed E-state index contributed by atoms with van der Waals surface area (Å²) in [4.78, 5) is 66.3. The van der Waals surface area contributed by atoms with Crippen LogP contribution in [0, 0.1) is 12.8 Å². The van der Waals surface area contributed by atoms with E-state index in [1.807, 2.05) is 37.3 Å². The van der Waals surface area contributed by atoms with Gasteiger partial charge < -0.3 is 25.2 Å². The second-order valence-electron chi connectivity index (χ2n) is 11.3. The van der Waals surface area contributed by atoms with Crippen LogP contribution in [0.2, 0.25) is 0 Å². The minimum atomic E-state index is -5.08. The molecule has 288 valence electrons. The van der Waals surface area contributed by atoms with Crippen LogP contribution >= 0.6 is 0 Å². The van der Waals surface area contributed by atoms with E-state index in [4.69, 9.17) is 24.5 Å². The van der Waals surface area contributed by atoms with Crippen LogP contribution in [0.15, 0.2) is 79.1 Å². The van der Waals surface area contributed by atoms with E-state index in [1.54, 1.807) is 53.0 Å². The van der Waals surface area contributed by atoms with Crippen LogP contribution in [-0.4, -0.2) is 91.4 Å². The zero-order chi connectivity index (χ0) is 40.2. The Labute approximate surface area is 301 Å². The van der Waals surface area contributed by atoms with Gasteiger partial charge in [0, 0.05) is 47.7 Å². The molecule has 0 radical (unpaired) electrons. The lowest BCUT2D eigenvalue weighted by molar-refractivity contribution is -0.193. The third kappa shape index (κ3) is 12.1. The number of halogens is 6. The molecule has 14 nitrogen and oxygen atoms in total. The highest BCUT2D eigenvalue weighted by molar-refractivity contribution is 5.96. The summed E-state index contributed by atoms with van der Waals surface area (Å²) in [5, 5.41) is 27.4. The van der Waals surface area contributed by atoms with Crippen molar-refractivity contribution >= 4 is 40.6 Å². The summed E-state index contributed by atoms with van der Waals surface area (Å²) in [5.41, 5.74) is 5.30. The normalized spacial score (nSPS) is 15.4. The van der Waals surface area contributed by atoms with E-state index >= 15 is 0 Å². The van der Waals surface area contributed by atoms with E-state index in [2.05, 4.69) is 15.3 Å². The number of hydroxylamine groups is 1. The van der Waals surface area contributed by atoms with Crippen molar-refractivity contribution in [3.8, 4) is 5.75 Å². The molecular weight excluding hydrogens is 736 g/mol. The molecule has 0 bridgehead atoms. The number of ether oxygens (including phenoxy) is 1. The fraction of sp³-hybridized carbons (Fsp3) is 0.265. The topological polar surface area (TPSA) is 208 Å². The monoisotopic (exact) mass is 767 g/mol. The maximum absolute atomic E-state index is 13.1. The molecule has 2 aromatic heterocycles. The third-order valence-corrected chi connectivity index (χ3v) is 7.50. The molecule has 5 N–H and O–H groups in total. The number of aliphatic carboxylic acids is 2. The molecule has 0 unspecified atom stereocenters. The molecule has 1 aliphatic rings. The van der Waals surface area contributed by atoms with Crippen molar-refractivity contribution in [2.75, 3.05) is 13.1 Å². The summed E-state index contributed by atoms with van der Waals surface area (Å²) in [6, 6.07) is 19.2. The Kier molecular flexibility index (Phi) is 14.4. The number of hydrogen-bond donors (Lipinski definition) is 5. The van der Waals surface area contributed by atoms with Crippen LogP contribution in [0.25, 0.3) is 10.9 Å². The number of alkyl halides is 6. The number of likely N-dealkylation sites (tertiary alicyclic amines) is 1. The molecule has 1 aliphatic heterocycles. The Bertz CT molecular complexity index is 1920. The van der Waals surface area contributed by atoms with E-state index in [1.165, 1.54) is 6.20 Å². The number of carbonyl (C=O) groups is 5. The minimum absolute atomic E-state index is 0.109. The highest BCUT2D eigenvalue weighted by Crippen LogP contribution is 2.23. The van der Waals surface area contributed by atoms with Gasteiger partial charge in [-0.05, 0) is 61.9 Å². The number of amides is 3. The Morgan fingerprint density at radius 1 is 0.889 bits per heavy atom. The largest absolute Gasteiger partial charge is 0.490 e. The molecule has 3 heterocycles.